The van der Waals surface area contributed by atoms with Crippen molar-refractivity contribution in [3.63, 3.8) is 0 Å². The summed E-state index contributed by atoms with van der Waals surface area (Å²) in [6.45, 7) is 11.5. The lowest BCUT2D eigenvalue weighted by atomic mass is 9.82. The van der Waals surface area contributed by atoms with Gasteiger partial charge in [-0.05, 0) is 73.0 Å². The zero-order valence-corrected chi connectivity index (χ0v) is 20.9. The molecule has 1 amide bonds. The van der Waals surface area contributed by atoms with Crippen molar-refractivity contribution < 1.29 is 18.3 Å². The molecule has 32 heavy (non-hydrogen) atoms. The van der Waals surface area contributed by atoms with Gasteiger partial charge in [0.05, 0.1) is 0 Å². The molecule has 1 saturated carbocycles. The Morgan fingerprint density at radius 3 is 2.31 bits per heavy atom. The molecule has 0 spiro atoms. The average molecular weight is 458 g/mol. The van der Waals surface area contributed by atoms with Crippen LogP contribution in [0.3, 0.4) is 0 Å². The fourth-order valence-corrected chi connectivity index (χ4v) is 5.32. The highest BCUT2D eigenvalue weighted by Gasteiger charge is 2.40. The molecular weight excluding hydrogens is 421 g/mol. The van der Waals surface area contributed by atoms with Gasteiger partial charge < -0.3 is 9.16 Å². The standard InChI is InChI=1S/C26H36FNO3Si/c1-26(2,3)32(4,5)31-22-14-11-20(12-15-22)23-16-13-21(17-24(23)27)28-25(29)30-18-19-9-7-6-8-10-19/h6-10,13,16-17,20,22H,11-12,14-15,18H2,1-5H3,(H,28,29). The second-order valence-electron chi connectivity index (χ2n) is 10.3. The first-order chi connectivity index (χ1) is 15.0. The van der Waals surface area contributed by atoms with Gasteiger partial charge in [-0.1, -0.05) is 57.2 Å². The number of benzene rings is 2. The van der Waals surface area contributed by atoms with E-state index in [4.69, 9.17) is 9.16 Å². The molecule has 0 atom stereocenters. The van der Waals surface area contributed by atoms with E-state index in [9.17, 15) is 9.18 Å². The Balaban J connectivity index is 1.51. The molecule has 4 nitrogen and oxygen atoms in total. The minimum Gasteiger partial charge on any atom is -0.444 e. The molecular formula is C26H36FNO3Si. The fraction of sp³-hybridized carbons (Fsp3) is 0.500. The predicted molar refractivity (Wildman–Crippen MR) is 130 cm³/mol. The molecule has 2 aromatic carbocycles. The topological polar surface area (TPSA) is 47.6 Å². The Labute approximate surface area is 192 Å². The maximum absolute atomic E-state index is 14.8. The van der Waals surface area contributed by atoms with E-state index in [0.29, 0.717) is 5.69 Å². The van der Waals surface area contributed by atoms with E-state index in [1.807, 2.05) is 30.3 Å². The first kappa shape index (κ1) is 24.5. The number of carbonyl (C=O) groups excluding carboxylic acids is 1. The van der Waals surface area contributed by atoms with Crippen molar-refractivity contribution in [3.8, 4) is 0 Å². The number of carbonyl (C=O) groups is 1. The largest absolute Gasteiger partial charge is 0.444 e. The normalized spacial score (nSPS) is 19.4. The van der Waals surface area contributed by atoms with Crippen LogP contribution in [0.2, 0.25) is 18.1 Å². The van der Waals surface area contributed by atoms with Crippen LogP contribution >= 0.6 is 0 Å². The van der Waals surface area contributed by atoms with Crippen LogP contribution in [0.5, 0.6) is 0 Å². The summed E-state index contributed by atoms with van der Waals surface area (Å²) in [7, 11) is -1.78. The van der Waals surface area contributed by atoms with Crippen molar-refractivity contribution in [2.24, 2.45) is 0 Å². The number of ether oxygens (including phenoxy) is 1. The molecule has 1 fully saturated rings. The summed E-state index contributed by atoms with van der Waals surface area (Å²) in [5.41, 5.74) is 2.02. The molecule has 0 aliphatic heterocycles. The first-order valence-electron chi connectivity index (χ1n) is 11.5. The van der Waals surface area contributed by atoms with E-state index in [0.717, 1.165) is 36.8 Å². The molecule has 0 radical (unpaired) electrons. The van der Waals surface area contributed by atoms with Gasteiger partial charge >= 0.3 is 6.09 Å². The molecule has 0 bridgehead atoms. The molecule has 0 heterocycles. The molecule has 3 rings (SSSR count). The SMILES string of the molecule is CC(C)(C)[Si](C)(C)OC1CCC(c2ccc(NC(=O)OCc3ccccc3)cc2F)CC1. The van der Waals surface area contributed by atoms with Gasteiger partial charge in [-0.25, -0.2) is 9.18 Å². The third-order valence-electron chi connectivity index (χ3n) is 6.84. The highest BCUT2D eigenvalue weighted by molar-refractivity contribution is 6.74. The van der Waals surface area contributed by atoms with Crippen molar-refractivity contribution in [2.75, 3.05) is 5.32 Å². The molecule has 0 unspecified atom stereocenters. The average Bonchev–Trinajstić information content (AvgIpc) is 2.73. The zero-order chi connectivity index (χ0) is 23.4. The fourth-order valence-electron chi connectivity index (χ4n) is 3.90. The first-order valence-corrected chi connectivity index (χ1v) is 14.4. The van der Waals surface area contributed by atoms with E-state index < -0.39 is 14.4 Å². The molecule has 0 saturated heterocycles. The maximum atomic E-state index is 14.8. The number of hydrogen-bond acceptors (Lipinski definition) is 3. The molecule has 6 heteroatoms. The molecule has 1 N–H and O–H groups in total. The Hall–Kier alpha value is -2.18. The zero-order valence-electron chi connectivity index (χ0n) is 19.9. The third kappa shape index (κ3) is 6.42. The van der Waals surface area contributed by atoms with Gasteiger partial charge in [-0.3, -0.25) is 5.32 Å². The minimum atomic E-state index is -1.78. The second kappa shape index (κ2) is 10.2. The highest BCUT2D eigenvalue weighted by atomic mass is 28.4. The molecule has 174 valence electrons. The summed E-state index contributed by atoms with van der Waals surface area (Å²) in [5, 5.41) is 2.81. The number of anilines is 1. The van der Waals surface area contributed by atoms with Crippen LogP contribution in [-0.2, 0) is 15.8 Å². The number of hydrogen-bond donors (Lipinski definition) is 1. The van der Waals surface area contributed by atoms with E-state index >= 15 is 0 Å². The lowest BCUT2D eigenvalue weighted by Crippen LogP contribution is -2.44. The molecule has 1 aliphatic rings. The van der Waals surface area contributed by atoms with E-state index in [-0.39, 0.29) is 29.5 Å². The van der Waals surface area contributed by atoms with Gasteiger partial charge in [-0.2, -0.15) is 0 Å². The summed E-state index contributed by atoms with van der Waals surface area (Å²) in [5.74, 6) is -0.0898. The summed E-state index contributed by atoms with van der Waals surface area (Å²) in [4.78, 5) is 12.0. The Morgan fingerprint density at radius 2 is 1.72 bits per heavy atom. The summed E-state index contributed by atoms with van der Waals surface area (Å²) >= 11 is 0. The Bertz CT molecular complexity index is 903. The summed E-state index contributed by atoms with van der Waals surface area (Å²) < 4.78 is 26.6. The second-order valence-corrected chi connectivity index (χ2v) is 15.0. The lowest BCUT2D eigenvalue weighted by molar-refractivity contribution is 0.129. The molecule has 2 aromatic rings. The number of nitrogens with one attached hydrogen (secondary N) is 1. The van der Waals surface area contributed by atoms with Gasteiger partial charge in [0.1, 0.15) is 12.4 Å². The molecule has 1 aliphatic carbocycles. The summed E-state index contributed by atoms with van der Waals surface area (Å²) in [6.07, 6.45) is 3.44. The van der Waals surface area contributed by atoms with Crippen molar-refractivity contribution in [1.29, 1.82) is 0 Å². The van der Waals surface area contributed by atoms with Crippen LogP contribution in [0.25, 0.3) is 0 Å². The van der Waals surface area contributed by atoms with Crippen LogP contribution in [0.1, 0.15) is 63.5 Å². The lowest BCUT2D eigenvalue weighted by Gasteiger charge is -2.41. The molecule has 0 aromatic heterocycles. The van der Waals surface area contributed by atoms with E-state index in [2.05, 4.69) is 39.2 Å². The predicted octanol–water partition coefficient (Wildman–Crippen LogP) is 7.62. The van der Waals surface area contributed by atoms with Gasteiger partial charge in [-0.15, -0.1) is 0 Å². The van der Waals surface area contributed by atoms with Crippen LogP contribution < -0.4 is 5.32 Å². The number of amides is 1. The van der Waals surface area contributed by atoms with Gasteiger partial charge in [0.15, 0.2) is 8.32 Å². The highest BCUT2D eigenvalue weighted by Crippen LogP contribution is 2.41. The quantitative estimate of drug-likeness (QED) is 0.454. The number of rotatable bonds is 6. The van der Waals surface area contributed by atoms with Crippen LogP contribution in [0.4, 0.5) is 14.9 Å². The van der Waals surface area contributed by atoms with Gasteiger partial charge in [0, 0.05) is 11.8 Å². The van der Waals surface area contributed by atoms with Crippen molar-refractivity contribution >= 4 is 20.1 Å². The minimum absolute atomic E-state index is 0.174. The van der Waals surface area contributed by atoms with Crippen molar-refractivity contribution in [3.05, 3.63) is 65.5 Å². The van der Waals surface area contributed by atoms with Crippen molar-refractivity contribution in [2.45, 2.75) is 83.2 Å². The Morgan fingerprint density at radius 1 is 1.06 bits per heavy atom. The smallest absolute Gasteiger partial charge is 0.411 e. The van der Waals surface area contributed by atoms with E-state index in [1.165, 1.54) is 6.07 Å². The van der Waals surface area contributed by atoms with Crippen LogP contribution in [0.15, 0.2) is 48.5 Å². The monoisotopic (exact) mass is 457 g/mol. The van der Waals surface area contributed by atoms with Crippen LogP contribution in [0, 0.1) is 5.82 Å². The summed E-state index contributed by atoms with van der Waals surface area (Å²) in [6, 6.07) is 14.4. The third-order valence-corrected chi connectivity index (χ3v) is 11.4. The van der Waals surface area contributed by atoms with Gasteiger partial charge in [0.2, 0.25) is 0 Å². The van der Waals surface area contributed by atoms with E-state index in [1.54, 1.807) is 12.1 Å². The van der Waals surface area contributed by atoms with Gasteiger partial charge in [0.25, 0.3) is 0 Å². The maximum Gasteiger partial charge on any atom is 0.411 e. The van der Waals surface area contributed by atoms with Crippen LogP contribution in [-0.4, -0.2) is 20.5 Å². The number of halogens is 1. The Kier molecular flexibility index (Phi) is 7.78. The van der Waals surface area contributed by atoms with Crippen molar-refractivity contribution in [1.82, 2.24) is 0 Å².